The molecule has 3 nitrogen and oxygen atoms in total. The monoisotopic (exact) mass is 303 g/mol. The smallest absolute Gasteiger partial charge is 0.0621 e. The highest BCUT2D eigenvalue weighted by Gasteiger charge is 2.04. The molecule has 0 saturated heterocycles. The third kappa shape index (κ3) is 3.89. The fourth-order valence-electron chi connectivity index (χ4n) is 2.57. The zero-order valence-corrected chi connectivity index (χ0v) is 13.5. The minimum Gasteiger partial charge on any atom is -0.376 e. The molecule has 0 unspecified atom stereocenters. The molecule has 1 aromatic heterocycles. The van der Waals surface area contributed by atoms with E-state index in [0.29, 0.717) is 0 Å². The van der Waals surface area contributed by atoms with Crippen LogP contribution in [0.3, 0.4) is 0 Å². The molecule has 23 heavy (non-hydrogen) atoms. The van der Waals surface area contributed by atoms with Crippen molar-refractivity contribution in [2.24, 2.45) is 0 Å². The minimum absolute atomic E-state index is 0.928. The second-order valence-electron chi connectivity index (χ2n) is 5.77. The number of benzene rings is 2. The van der Waals surface area contributed by atoms with Crippen molar-refractivity contribution < 1.29 is 0 Å². The van der Waals surface area contributed by atoms with Gasteiger partial charge in [-0.15, -0.1) is 0 Å². The molecule has 3 rings (SSSR count). The Labute approximate surface area is 137 Å². The predicted octanol–water partition coefficient (Wildman–Crippen LogP) is 4.48. The molecule has 0 bridgehead atoms. The Morgan fingerprint density at radius 2 is 1.48 bits per heavy atom. The molecule has 0 fully saturated rings. The van der Waals surface area contributed by atoms with E-state index in [-0.39, 0.29) is 0 Å². The van der Waals surface area contributed by atoms with E-state index in [4.69, 9.17) is 0 Å². The Morgan fingerprint density at radius 3 is 2.17 bits per heavy atom. The van der Waals surface area contributed by atoms with E-state index in [9.17, 15) is 0 Å². The van der Waals surface area contributed by atoms with Crippen LogP contribution < -0.4 is 10.2 Å². The van der Waals surface area contributed by atoms with Gasteiger partial charge in [0.1, 0.15) is 0 Å². The van der Waals surface area contributed by atoms with Crippen LogP contribution in [0.2, 0.25) is 0 Å². The second kappa shape index (κ2) is 6.97. The Kier molecular flexibility index (Phi) is 4.57. The lowest BCUT2D eigenvalue weighted by Gasteiger charge is -2.18. The minimum atomic E-state index is 0.928. The van der Waals surface area contributed by atoms with Gasteiger partial charge in [0.15, 0.2) is 0 Å². The number of pyridine rings is 1. The van der Waals surface area contributed by atoms with E-state index in [2.05, 4.69) is 83.9 Å². The summed E-state index contributed by atoms with van der Waals surface area (Å²) in [4.78, 5) is 6.17. The summed E-state index contributed by atoms with van der Waals surface area (Å²) in [5, 5.41) is 3.49. The van der Waals surface area contributed by atoms with Gasteiger partial charge in [-0.1, -0.05) is 24.3 Å². The number of para-hydroxylation sites is 2. The molecule has 0 amide bonds. The Bertz CT molecular complexity index is 749. The van der Waals surface area contributed by atoms with Gasteiger partial charge in [0, 0.05) is 32.2 Å². The summed E-state index contributed by atoms with van der Waals surface area (Å²) >= 11 is 0. The Balaban J connectivity index is 1.73. The first-order valence-corrected chi connectivity index (χ1v) is 7.73. The summed E-state index contributed by atoms with van der Waals surface area (Å²) in [6.07, 6.45) is 4.60. The van der Waals surface area contributed by atoms with Gasteiger partial charge in [-0.3, -0.25) is 4.98 Å². The number of aromatic nitrogens is 1. The number of anilines is 3. The van der Waals surface area contributed by atoms with E-state index in [1.807, 2.05) is 18.5 Å². The first-order chi connectivity index (χ1) is 11.2. The van der Waals surface area contributed by atoms with Crippen molar-refractivity contribution in [1.29, 1.82) is 0 Å². The lowest BCUT2D eigenvalue weighted by Crippen LogP contribution is -2.10. The molecule has 1 N–H and O–H groups in total. The van der Waals surface area contributed by atoms with Crippen molar-refractivity contribution in [3.05, 3.63) is 84.2 Å². The molecule has 2 aromatic carbocycles. The lowest BCUT2D eigenvalue weighted by atomic mass is 10.1. The average molecular weight is 303 g/mol. The van der Waals surface area contributed by atoms with Gasteiger partial charge < -0.3 is 10.2 Å². The SMILES string of the molecule is CN(C)c1ccccc1Nc1ccc(Cc2ccncc2)cc1. The fourth-order valence-corrected chi connectivity index (χ4v) is 2.57. The largest absolute Gasteiger partial charge is 0.376 e. The molecule has 0 atom stereocenters. The van der Waals surface area contributed by atoms with Gasteiger partial charge in [-0.25, -0.2) is 0 Å². The highest BCUT2D eigenvalue weighted by molar-refractivity contribution is 5.74. The van der Waals surface area contributed by atoms with Gasteiger partial charge >= 0.3 is 0 Å². The Morgan fingerprint density at radius 1 is 0.826 bits per heavy atom. The van der Waals surface area contributed by atoms with Gasteiger partial charge in [0.25, 0.3) is 0 Å². The quantitative estimate of drug-likeness (QED) is 0.753. The number of nitrogens with zero attached hydrogens (tertiary/aromatic N) is 2. The van der Waals surface area contributed by atoms with E-state index in [1.165, 1.54) is 16.8 Å². The van der Waals surface area contributed by atoms with Gasteiger partial charge in [0.05, 0.1) is 11.4 Å². The average Bonchev–Trinajstić information content (AvgIpc) is 2.58. The predicted molar refractivity (Wildman–Crippen MR) is 97.5 cm³/mol. The van der Waals surface area contributed by atoms with Crippen LogP contribution in [0.4, 0.5) is 17.1 Å². The summed E-state index contributed by atoms with van der Waals surface area (Å²) in [5.74, 6) is 0. The van der Waals surface area contributed by atoms with Crippen molar-refractivity contribution in [3.8, 4) is 0 Å². The van der Waals surface area contributed by atoms with Gasteiger partial charge in [0.2, 0.25) is 0 Å². The van der Waals surface area contributed by atoms with E-state index in [1.54, 1.807) is 0 Å². The van der Waals surface area contributed by atoms with Gasteiger partial charge in [-0.2, -0.15) is 0 Å². The molecule has 3 aromatic rings. The van der Waals surface area contributed by atoms with Crippen LogP contribution in [-0.2, 0) is 6.42 Å². The maximum Gasteiger partial charge on any atom is 0.0621 e. The fraction of sp³-hybridized carbons (Fsp3) is 0.150. The maximum absolute atomic E-state index is 4.06. The topological polar surface area (TPSA) is 28.2 Å². The summed E-state index contributed by atoms with van der Waals surface area (Å²) < 4.78 is 0. The van der Waals surface area contributed by atoms with Crippen molar-refractivity contribution >= 4 is 17.1 Å². The molecule has 116 valence electrons. The zero-order valence-electron chi connectivity index (χ0n) is 13.5. The number of hydrogen-bond acceptors (Lipinski definition) is 3. The van der Waals surface area contributed by atoms with Crippen LogP contribution >= 0.6 is 0 Å². The number of rotatable bonds is 5. The first kappa shape index (κ1) is 15.1. The van der Waals surface area contributed by atoms with Crippen molar-refractivity contribution in [1.82, 2.24) is 4.98 Å². The molecule has 0 saturated carbocycles. The number of hydrogen-bond donors (Lipinski definition) is 1. The lowest BCUT2D eigenvalue weighted by molar-refractivity contribution is 1.13. The molecule has 0 aliphatic heterocycles. The van der Waals surface area contributed by atoms with E-state index in [0.717, 1.165) is 17.8 Å². The standard InChI is InChI=1S/C20H21N3/c1-23(2)20-6-4-3-5-19(20)22-18-9-7-16(8-10-18)15-17-11-13-21-14-12-17/h3-14,22H,15H2,1-2H3. The highest BCUT2D eigenvalue weighted by Crippen LogP contribution is 2.27. The third-order valence-corrected chi connectivity index (χ3v) is 3.78. The third-order valence-electron chi connectivity index (χ3n) is 3.78. The number of nitrogens with one attached hydrogen (secondary N) is 1. The van der Waals surface area contributed by atoms with E-state index >= 15 is 0 Å². The molecular weight excluding hydrogens is 282 g/mol. The zero-order chi connectivity index (χ0) is 16.1. The van der Waals surface area contributed by atoms with Crippen LogP contribution in [0, 0.1) is 0 Å². The van der Waals surface area contributed by atoms with Crippen LogP contribution in [0.15, 0.2) is 73.1 Å². The normalized spacial score (nSPS) is 10.3. The maximum atomic E-state index is 4.06. The van der Waals surface area contributed by atoms with Crippen LogP contribution in [0.1, 0.15) is 11.1 Å². The van der Waals surface area contributed by atoms with Crippen molar-refractivity contribution in [3.63, 3.8) is 0 Å². The molecule has 0 aliphatic carbocycles. The Hall–Kier alpha value is -2.81. The van der Waals surface area contributed by atoms with Crippen LogP contribution in [0.25, 0.3) is 0 Å². The van der Waals surface area contributed by atoms with Crippen molar-refractivity contribution in [2.75, 3.05) is 24.3 Å². The summed E-state index contributed by atoms with van der Waals surface area (Å²) in [5.41, 5.74) is 5.95. The first-order valence-electron chi connectivity index (χ1n) is 7.73. The summed E-state index contributed by atoms with van der Waals surface area (Å²) in [6, 6.07) is 21.0. The highest BCUT2D eigenvalue weighted by atomic mass is 15.1. The second-order valence-corrected chi connectivity index (χ2v) is 5.77. The molecule has 0 radical (unpaired) electrons. The summed E-state index contributed by atoms with van der Waals surface area (Å²) in [6.45, 7) is 0. The van der Waals surface area contributed by atoms with Crippen LogP contribution in [0.5, 0.6) is 0 Å². The molecule has 1 heterocycles. The van der Waals surface area contributed by atoms with Gasteiger partial charge in [-0.05, 0) is 53.9 Å². The van der Waals surface area contributed by atoms with E-state index < -0.39 is 0 Å². The molecule has 0 spiro atoms. The summed E-state index contributed by atoms with van der Waals surface area (Å²) in [7, 11) is 4.11. The molecule has 3 heteroatoms. The van der Waals surface area contributed by atoms with Crippen molar-refractivity contribution in [2.45, 2.75) is 6.42 Å². The molecule has 0 aliphatic rings. The molecular formula is C20H21N3. The van der Waals surface area contributed by atoms with Crippen LogP contribution in [-0.4, -0.2) is 19.1 Å².